The predicted molar refractivity (Wildman–Crippen MR) is 156 cm³/mol. The molecule has 8 nitrogen and oxygen atoms in total. The Bertz CT molecular complexity index is 1140. The minimum Gasteiger partial charge on any atom is -0.463 e. The van der Waals surface area contributed by atoms with E-state index < -0.39 is 12.0 Å². The Hall–Kier alpha value is -3.49. The lowest BCUT2D eigenvalue weighted by molar-refractivity contribution is -0.150. The van der Waals surface area contributed by atoms with E-state index in [0.717, 1.165) is 24.0 Å². The normalized spacial score (nSPS) is 24.1. The highest BCUT2D eigenvalue weighted by atomic mass is 16.5. The number of allylic oxidation sites excluding steroid dienone is 2. The number of hydrogen-bond donors (Lipinski definition) is 2. The van der Waals surface area contributed by atoms with E-state index >= 15 is 0 Å². The van der Waals surface area contributed by atoms with Crippen LogP contribution in [0.2, 0.25) is 0 Å². The largest absolute Gasteiger partial charge is 0.463 e. The van der Waals surface area contributed by atoms with Crippen LogP contribution in [0.25, 0.3) is 0 Å². The van der Waals surface area contributed by atoms with E-state index in [2.05, 4.69) is 5.32 Å². The van der Waals surface area contributed by atoms with Crippen LogP contribution in [-0.2, 0) is 36.9 Å². The minimum atomic E-state index is -0.577. The van der Waals surface area contributed by atoms with Gasteiger partial charge in [0, 0.05) is 13.0 Å². The average molecular weight is 563 g/mol. The van der Waals surface area contributed by atoms with Gasteiger partial charge in [-0.3, -0.25) is 14.4 Å². The molecule has 2 aromatic carbocycles. The summed E-state index contributed by atoms with van der Waals surface area (Å²) in [7, 11) is 0. The number of esters is 1. The zero-order valence-electron chi connectivity index (χ0n) is 23.7. The van der Waals surface area contributed by atoms with Crippen LogP contribution in [0.4, 0.5) is 0 Å². The van der Waals surface area contributed by atoms with E-state index in [1.807, 2.05) is 72.8 Å². The summed E-state index contributed by atoms with van der Waals surface area (Å²) in [4.78, 5) is 41.5. The van der Waals surface area contributed by atoms with E-state index in [9.17, 15) is 19.5 Å². The summed E-state index contributed by atoms with van der Waals surface area (Å²) in [6, 6.07) is 18.9. The molecule has 2 aliphatic heterocycles. The first-order chi connectivity index (χ1) is 20.0. The van der Waals surface area contributed by atoms with Crippen LogP contribution < -0.4 is 5.32 Å². The number of hydrogen-bond acceptors (Lipinski definition) is 6. The number of aliphatic hydroxyl groups excluding tert-OH is 1. The first-order valence-electron chi connectivity index (χ1n) is 14.7. The van der Waals surface area contributed by atoms with Gasteiger partial charge in [0.2, 0.25) is 11.8 Å². The molecule has 1 saturated heterocycles. The summed E-state index contributed by atoms with van der Waals surface area (Å²) in [5, 5.41) is 12.7. The Labute approximate surface area is 242 Å². The molecule has 2 heterocycles. The molecule has 2 amide bonds. The third-order valence-corrected chi connectivity index (χ3v) is 7.83. The fourth-order valence-corrected chi connectivity index (χ4v) is 5.49. The zero-order valence-corrected chi connectivity index (χ0v) is 23.7. The van der Waals surface area contributed by atoms with Crippen molar-refractivity contribution in [2.45, 2.75) is 63.6 Å². The molecule has 0 saturated carbocycles. The highest BCUT2D eigenvalue weighted by Crippen LogP contribution is 2.22. The summed E-state index contributed by atoms with van der Waals surface area (Å²) in [6.07, 6.45) is 7.88. The summed E-state index contributed by atoms with van der Waals surface area (Å²) in [6.45, 7) is 1.03. The molecule has 8 heteroatoms. The Morgan fingerprint density at radius 3 is 2.44 bits per heavy atom. The smallest absolute Gasteiger partial charge is 0.309 e. The van der Waals surface area contributed by atoms with E-state index in [0.29, 0.717) is 38.8 Å². The van der Waals surface area contributed by atoms with Crippen molar-refractivity contribution in [2.75, 3.05) is 26.4 Å². The molecule has 1 fully saturated rings. The molecule has 41 heavy (non-hydrogen) atoms. The third kappa shape index (κ3) is 9.54. The number of rotatable bonds is 9. The van der Waals surface area contributed by atoms with Crippen molar-refractivity contribution in [1.29, 1.82) is 0 Å². The van der Waals surface area contributed by atoms with Crippen molar-refractivity contribution in [3.8, 4) is 0 Å². The summed E-state index contributed by atoms with van der Waals surface area (Å²) in [5.41, 5.74) is 2.07. The molecule has 0 aromatic heterocycles. The number of amides is 2. The van der Waals surface area contributed by atoms with Crippen LogP contribution in [0.3, 0.4) is 0 Å². The second kappa shape index (κ2) is 16.1. The van der Waals surface area contributed by atoms with Crippen LogP contribution >= 0.6 is 0 Å². The number of carbonyl (C=O) groups excluding carboxylic acids is 3. The molecule has 0 aliphatic carbocycles. The number of aliphatic hydroxyl groups is 1. The summed E-state index contributed by atoms with van der Waals surface area (Å²) < 4.78 is 11.7. The zero-order chi connectivity index (χ0) is 28.9. The summed E-state index contributed by atoms with van der Waals surface area (Å²) in [5.74, 6) is -1.57. The first kappa shape index (κ1) is 30.5. The van der Waals surface area contributed by atoms with Gasteiger partial charge in [-0.05, 0) is 49.7 Å². The Kier molecular flexibility index (Phi) is 11.9. The fraction of sp³-hybridized carbons (Fsp3) is 0.485. The van der Waals surface area contributed by atoms with E-state index in [1.165, 1.54) is 0 Å². The number of carbonyl (C=O) groups is 3. The Morgan fingerprint density at radius 1 is 0.976 bits per heavy atom. The van der Waals surface area contributed by atoms with Gasteiger partial charge in [0.25, 0.3) is 0 Å². The van der Waals surface area contributed by atoms with E-state index in [1.54, 1.807) is 4.90 Å². The lowest BCUT2D eigenvalue weighted by Crippen LogP contribution is -2.46. The second-order valence-corrected chi connectivity index (χ2v) is 11.0. The van der Waals surface area contributed by atoms with Gasteiger partial charge in [-0.1, -0.05) is 72.8 Å². The first-order valence-corrected chi connectivity index (χ1v) is 14.7. The lowest BCUT2D eigenvalue weighted by Gasteiger charge is -2.26. The SMILES string of the molecule is O=C1N[C@@H](COCc2ccccc2)COC(=O)[C@@H](Cc2ccccc2)CCC=CC[C@@H]1CC(=O)N1CCC[C@H]1CO. The van der Waals surface area contributed by atoms with E-state index in [4.69, 9.17) is 9.47 Å². The van der Waals surface area contributed by atoms with Gasteiger partial charge >= 0.3 is 5.97 Å². The highest BCUT2D eigenvalue weighted by molar-refractivity contribution is 5.86. The van der Waals surface area contributed by atoms with Gasteiger partial charge in [0.1, 0.15) is 6.61 Å². The molecule has 0 bridgehead atoms. The molecular weight excluding hydrogens is 520 g/mol. The van der Waals surface area contributed by atoms with Crippen molar-refractivity contribution in [3.05, 3.63) is 83.9 Å². The van der Waals surface area contributed by atoms with Crippen molar-refractivity contribution >= 4 is 17.8 Å². The number of nitrogens with zero attached hydrogens (tertiary/aromatic N) is 1. The minimum absolute atomic E-state index is 0.0164. The fourth-order valence-electron chi connectivity index (χ4n) is 5.49. The van der Waals surface area contributed by atoms with Crippen molar-refractivity contribution < 1.29 is 29.0 Å². The van der Waals surface area contributed by atoms with Gasteiger partial charge in [-0.2, -0.15) is 0 Å². The van der Waals surface area contributed by atoms with Crippen LogP contribution in [0.1, 0.15) is 49.7 Å². The summed E-state index contributed by atoms with van der Waals surface area (Å²) >= 11 is 0. The molecule has 4 rings (SSSR count). The number of nitrogens with one attached hydrogen (secondary N) is 1. The Balaban J connectivity index is 1.46. The van der Waals surface area contributed by atoms with Gasteiger partial charge < -0.3 is 24.8 Å². The van der Waals surface area contributed by atoms with Crippen LogP contribution in [0, 0.1) is 11.8 Å². The molecule has 220 valence electrons. The maximum absolute atomic E-state index is 13.5. The maximum Gasteiger partial charge on any atom is 0.309 e. The molecule has 4 atom stereocenters. The molecule has 2 N–H and O–H groups in total. The second-order valence-electron chi connectivity index (χ2n) is 11.0. The number of benzene rings is 2. The van der Waals surface area contributed by atoms with Crippen molar-refractivity contribution in [1.82, 2.24) is 10.2 Å². The predicted octanol–water partition coefficient (Wildman–Crippen LogP) is 3.82. The molecule has 0 spiro atoms. The molecule has 2 aromatic rings. The number of likely N-dealkylation sites (tertiary alicyclic amines) is 1. The van der Waals surface area contributed by atoms with Crippen LogP contribution in [0.5, 0.6) is 0 Å². The molecule has 2 aliphatic rings. The third-order valence-electron chi connectivity index (χ3n) is 7.83. The topological polar surface area (TPSA) is 105 Å². The molecular formula is C33H42N2O6. The van der Waals surface area contributed by atoms with E-state index in [-0.39, 0.29) is 56.0 Å². The van der Waals surface area contributed by atoms with Crippen LogP contribution in [-0.4, -0.2) is 66.2 Å². The van der Waals surface area contributed by atoms with Gasteiger partial charge in [-0.15, -0.1) is 0 Å². The van der Waals surface area contributed by atoms with Gasteiger partial charge in [-0.25, -0.2) is 0 Å². The monoisotopic (exact) mass is 562 g/mol. The lowest BCUT2D eigenvalue weighted by atomic mass is 9.94. The highest BCUT2D eigenvalue weighted by Gasteiger charge is 2.32. The van der Waals surface area contributed by atoms with Crippen molar-refractivity contribution in [3.63, 3.8) is 0 Å². The number of cyclic esters (lactones) is 1. The van der Waals surface area contributed by atoms with Crippen molar-refractivity contribution in [2.24, 2.45) is 11.8 Å². The van der Waals surface area contributed by atoms with Gasteiger partial charge in [0.15, 0.2) is 0 Å². The van der Waals surface area contributed by atoms with Gasteiger partial charge in [0.05, 0.1) is 43.7 Å². The quantitative estimate of drug-likeness (QED) is 0.356. The Morgan fingerprint density at radius 2 is 1.71 bits per heavy atom. The molecule has 0 radical (unpaired) electrons. The average Bonchev–Trinajstić information content (AvgIpc) is 3.48. The number of ether oxygens (including phenoxy) is 2. The van der Waals surface area contributed by atoms with Crippen LogP contribution in [0.15, 0.2) is 72.8 Å². The standard InChI is InChI=1S/C33H42N2O6/c36-21-30-17-10-18-35(30)31(37)20-27-15-8-3-9-16-28(19-25-11-4-1-5-12-25)33(39)41-24-29(34-32(27)38)23-40-22-26-13-6-2-7-14-26/h1-8,11-14,27-30,36H,9-10,15-24H2,(H,34,38)/t27-,28-,29+,30+/m1/s1. The molecule has 0 unspecified atom stereocenters. The maximum atomic E-state index is 13.5.